The Labute approximate surface area is 218 Å². The van der Waals surface area contributed by atoms with Gasteiger partial charge in [0.1, 0.15) is 18.1 Å². The molecular weight excluding hydrogens is 506 g/mol. The van der Waals surface area contributed by atoms with Crippen molar-refractivity contribution in [3.63, 3.8) is 0 Å². The number of nitrogens with one attached hydrogen (secondary N) is 3. The SMILES string of the molecule is NC(N)=NCCCC(NC(=O)C(CC(=O)O)NC(=O)C(Cc1ccccc1)NC(=O)C(N)CS)C(=O)O. The molecule has 0 aromatic heterocycles. The Morgan fingerprint density at radius 3 is 2.00 bits per heavy atom. The zero-order valence-corrected chi connectivity index (χ0v) is 20.9. The number of carboxylic acids is 2. The maximum Gasteiger partial charge on any atom is 0.326 e. The molecule has 1 rings (SSSR count). The second-order valence-electron chi connectivity index (χ2n) is 8.05. The molecule has 1 aromatic rings. The molecule has 0 aliphatic heterocycles. The standard InChI is InChI=1S/C22H33N7O7S/c23-13(11-37)18(32)28-15(9-12-5-2-1-3-6-12)19(33)29-16(10-17(30)31)20(34)27-14(21(35)36)7-4-8-26-22(24)25/h1-3,5-6,13-16,37H,4,7-11,23H2,(H,27,34)(H,28,32)(H,29,33)(H,30,31)(H,35,36)(H4,24,25,26). The summed E-state index contributed by atoms with van der Waals surface area (Å²) in [5.41, 5.74) is 16.8. The number of aliphatic carboxylic acids is 2. The van der Waals surface area contributed by atoms with Crippen molar-refractivity contribution >= 4 is 48.2 Å². The van der Waals surface area contributed by atoms with E-state index in [0.29, 0.717) is 5.56 Å². The number of hydrogen-bond acceptors (Lipinski definition) is 8. The molecule has 0 radical (unpaired) electrons. The number of amides is 3. The summed E-state index contributed by atoms with van der Waals surface area (Å²) in [4.78, 5) is 64.9. The van der Waals surface area contributed by atoms with Crippen LogP contribution >= 0.6 is 12.6 Å². The van der Waals surface area contributed by atoms with E-state index in [-0.39, 0.29) is 37.5 Å². The van der Waals surface area contributed by atoms with Crippen LogP contribution in [0.3, 0.4) is 0 Å². The van der Waals surface area contributed by atoms with E-state index in [4.69, 9.17) is 17.2 Å². The predicted octanol–water partition coefficient (Wildman–Crippen LogP) is -2.45. The molecule has 4 unspecified atom stereocenters. The monoisotopic (exact) mass is 539 g/mol. The van der Waals surface area contributed by atoms with Crippen molar-refractivity contribution in [2.45, 2.75) is 49.9 Å². The van der Waals surface area contributed by atoms with Crippen LogP contribution in [-0.4, -0.2) is 82.3 Å². The summed E-state index contributed by atoms with van der Waals surface area (Å²) in [6.45, 7) is 0.118. The van der Waals surface area contributed by atoms with Crippen molar-refractivity contribution < 1.29 is 34.2 Å². The van der Waals surface area contributed by atoms with E-state index in [1.54, 1.807) is 30.3 Å². The van der Waals surface area contributed by atoms with E-state index < -0.39 is 60.2 Å². The molecule has 0 heterocycles. The number of rotatable bonds is 16. The highest BCUT2D eigenvalue weighted by Gasteiger charge is 2.31. The van der Waals surface area contributed by atoms with Crippen LogP contribution in [0.2, 0.25) is 0 Å². The van der Waals surface area contributed by atoms with E-state index in [0.717, 1.165) is 0 Å². The van der Waals surface area contributed by atoms with Crippen molar-refractivity contribution in [1.82, 2.24) is 16.0 Å². The summed E-state index contributed by atoms with van der Waals surface area (Å²) in [6.07, 6.45) is -0.663. The van der Waals surface area contributed by atoms with Gasteiger partial charge in [-0.25, -0.2) is 4.79 Å². The fourth-order valence-electron chi connectivity index (χ4n) is 3.11. The fourth-order valence-corrected chi connectivity index (χ4v) is 3.28. The second kappa shape index (κ2) is 16.0. The van der Waals surface area contributed by atoms with Crippen molar-refractivity contribution in [3.05, 3.63) is 35.9 Å². The first kappa shape index (κ1) is 31.2. The van der Waals surface area contributed by atoms with Crippen molar-refractivity contribution in [2.75, 3.05) is 12.3 Å². The van der Waals surface area contributed by atoms with Gasteiger partial charge in [0.05, 0.1) is 12.5 Å². The van der Waals surface area contributed by atoms with Crippen LogP contribution in [0, 0.1) is 0 Å². The van der Waals surface area contributed by atoms with Crippen molar-refractivity contribution in [1.29, 1.82) is 0 Å². The van der Waals surface area contributed by atoms with Crippen LogP contribution in [0.15, 0.2) is 35.3 Å². The van der Waals surface area contributed by atoms with Crippen LogP contribution < -0.4 is 33.2 Å². The lowest BCUT2D eigenvalue weighted by atomic mass is 10.0. The third-order valence-corrected chi connectivity index (χ3v) is 5.41. The number of hydrogen-bond donors (Lipinski definition) is 9. The van der Waals surface area contributed by atoms with Crippen LogP contribution in [0.1, 0.15) is 24.8 Å². The summed E-state index contributed by atoms with van der Waals surface area (Å²) in [7, 11) is 0. The average molecular weight is 540 g/mol. The van der Waals surface area contributed by atoms with Crippen LogP contribution in [0.5, 0.6) is 0 Å². The molecule has 15 heteroatoms. The largest absolute Gasteiger partial charge is 0.481 e. The van der Waals surface area contributed by atoms with Gasteiger partial charge in [0.25, 0.3) is 0 Å². The lowest BCUT2D eigenvalue weighted by Gasteiger charge is -2.24. The summed E-state index contributed by atoms with van der Waals surface area (Å²) in [6, 6.07) is 3.41. The minimum atomic E-state index is -1.63. The molecule has 204 valence electrons. The zero-order valence-electron chi connectivity index (χ0n) is 20.0. The molecule has 0 aliphatic rings. The van der Waals surface area contributed by atoms with E-state index in [1.165, 1.54) is 0 Å². The predicted molar refractivity (Wildman–Crippen MR) is 138 cm³/mol. The molecule has 14 nitrogen and oxygen atoms in total. The summed E-state index contributed by atoms with van der Waals surface area (Å²) in [5, 5.41) is 25.7. The minimum absolute atomic E-state index is 0.00924. The molecule has 4 atom stereocenters. The van der Waals surface area contributed by atoms with Gasteiger partial charge >= 0.3 is 11.9 Å². The zero-order chi connectivity index (χ0) is 28.0. The highest BCUT2D eigenvalue weighted by Crippen LogP contribution is 2.06. The number of carbonyl (C=O) groups excluding carboxylic acids is 3. The van der Waals surface area contributed by atoms with Crippen molar-refractivity contribution in [3.8, 4) is 0 Å². The average Bonchev–Trinajstić information content (AvgIpc) is 2.84. The molecule has 0 fully saturated rings. The summed E-state index contributed by atoms with van der Waals surface area (Å²) in [5.74, 6) is -5.50. The Balaban J connectivity index is 3.03. The maximum absolute atomic E-state index is 13.1. The first-order valence-electron chi connectivity index (χ1n) is 11.3. The van der Waals surface area contributed by atoms with Crippen LogP contribution in [-0.2, 0) is 30.4 Å². The number of aliphatic imine (C=N–C) groups is 1. The molecule has 0 saturated carbocycles. The van der Waals surface area contributed by atoms with Gasteiger partial charge in [-0.15, -0.1) is 0 Å². The van der Waals surface area contributed by atoms with Gasteiger partial charge in [-0.3, -0.25) is 24.2 Å². The van der Waals surface area contributed by atoms with E-state index >= 15 is 0 Å². The number of carboxylic acid groups (broad SMARTS) is 2. The van der Waals surface area contributed by atoms with Gasteiger partial charge in [-0.05, 0) is 18.4 Å². The number of thiol groups is 1. The number of nitrogens with zero attached hydrogens (tertiary/aromatic N) is 1. The molecule has 1 aromatic carbocycles. The molecule has 3 amide bonds. The van der Waals surface area contributed by atoms with E-state index in [1.807, 2.05) is 0 Å². The van der Waals surface area contributed by atoms with E-state index in [9.17, 15) is 34.2 Å². The molecule has 0 bridgehead atoms. The van der Waals surface area contributed by atoms with Gasteiger partial charge in [-0.2, -0.15) is 12.6 Å². The van der Waals surface area contributed by atoms with E-state index in [2.05, 4.69) is 33.6 Å². The first-order valence-corrected chi connectivity index (χ1v) is 11.9. The number of nitrogens with two attached hydrogens (primary N) is 3. The number of guanidine groups is 1. The summed E-state index contributed by atoms with van der Waals surface area (Å²) < 4.78 is 0. The first-order chi connectivity index (χ1) is 17.4. The smallest absolute Gasteiger partial charge is 0.326 e. The Bertz CT molecular complexity index is 973. The quantitative estimate of drug-likeness (QED) is 0.0464. The Kier molecular flexibility index (Phi) is 13.5. The summed E-state index contributed by atoms with van der Waals surface area (Å²) >= 11 is 3.96. The van der Waals surface area contributed by atoms with Gasteiger partial charge in [0.2, 0.25) is 17.7 Å². The number of benzene rings is 1. The lowest BCUT2D eigenvalue weighted by Crippen LogP contribution is -2.58. The molecule has 0 saturated heterocycles. The molecule has 0 aliphatic carbocycles. The number of carbonyl (C=O) groups is 5. The van der Waals surface area contributed by atoms with Crippen molar-refractivity contribution in [2.24, 2.45) is 22.2 Å². The third kappa shape index (κ3) is 12.1. The third-order valence-electron chi connectivity index (χ3n) is 5.02. The van der Waals surface area contributed by atoms with Crippen LogP contribution in [0.25, 0.3) is 0 Å². The normalized spacial score (nSPS) is 13.8. The van der Waals surface area contributed by atoms with Gasteiger partial charge < -0.3 is 43.4 Å². The lowest BCUT2D eigenvalue weighted by molar-refractivity contribution is -0.143. The molecular formula is C22H33N7O7S. The second-order valence-corrected chi connectivity index (χ2v) is 8.41. The Hall–Kier alpha value is -3.85. The highest BCUT2D eigenvalue weighted by atomic mass is 32.1. The molecule has 0 spiro atoms. The van der Waals surface area contributed by atoms with Crippen LogP contribution in [0.4, 0.5) is 0 Å². The Morgan fingerprint density at radius 1 is 0.892 bits per heavy atom. The molecule has 37 heavy (non-hydrogen) atoms. The highest BCUT2D eigenvalue weighted by molar-refractivity contribution is 7.80. The maximum atomic E-state index is 13.1. The fraction of sp³-hybridized carbons (Fsp3) is 0.455. The molecule has 11 N–H and O–H groups in total. The minimum Gasteiger partial charge on any atom is -0.481 e. The van der Waals surface area contributed by atoms with Gasteiger partial charge in [0, 0.05) is 18.7 Å². The van der Waals surface area contributed by atoms with Gasteiger partial charge in [0.15, 0.2) is 5.96 Å². The topological polar surface area (TPSA) is 252 Å². The Morgan fingerprint density at radius 2 is 1.46 bits per heavy atom. The van der Waals surface area contributed by atoms with Gasteiger partial charge in [-0.1, -0.05) is 30.3 Å².